The fourth-order valence-electron chi connectivity index (χ4n) is 4.34. The summed E-state index contributed by atoms with van der Waals surface area (Å²) in [4.78, 5) is 45.7. The van der Waals surface area contributed by atoms with Gasteiger partial charge >= 0.3 is 5.97 Å². The number of phenols is 1. The molecule has 3 aromatic rings. The van der Waals surface area contributed by atoms with Gasteiger partial charge in [-0.15, -0.1) is 0 Å². The van der Waals surface area contributed by atoms with E-state index in [1.54, 1.807) is 17.2 Å². The van der Waals surface area contributed by atoms with E-state index in [-0.39, 0.29) is 5.75 Å². The van der Waals surface area contributed by atoms with Crippen LogP contribution in [0.15, 0.2) is 78.9 Å². The van der Waals surface area contributed by atoms with E-state index in [1.807, 2.05) is 30.3 Å². The van der Waals surface area contributed by atoms with E-state index in [1.165, 1.54) is 43.5 Å². The Morgan fingerprint density at radius 1 is 0.879 bits per heavy atom. The molecule has 2 heterocycles. The molecule has 2 aliphatic heterocycles. The lowest BCUT2D eigenvalue weighted by atomic mass is 9.90. The van der Waals surface area contributed by atoms with Crippen molar-refractivity contribution in [3.63, 3.8) is 0 Å². The van der Waals surface area contributed by atoms with Gasteiger partial charge in [0.2, 0.25) is 5.91 Å². The molecule has 2 fully saturated rings. The number of esters is 1. The number of hydroxylamine groups is 1. The number of hydrogen-bond donors (Lipinski definition) is 1. The third-order valence-electron chi connectivity index (χ3n) is 5.91. The van der Waals surface area contributed by atoms with Crippen LogP contribution in [0.25, 0.3) is 0 Å². The van der Waals surface area contributed by atoms with Crippen LogP contribution in [0.3, 0.4) is 0 Å². The van der Waals surface area contributed by atoms with E-state index in [2.05, 4.69) is 0 Å². The number of imide groups is 1. The minimum Gasteiger partial charge on any atom is -0.508 e. The number of rotatable bonds is 4. The molecule has 0 spiro atoms. The second-order valence-corrected chi connectivity index (χ2v) is 7.80. The highest BCUT2D eigenvalue weighted by Gasteiger charge is 2.60. The van der Waals surface area contributed by atoms with Gasteiger partial charge in [0.25, 0.3) is 5.91 Å². The maximum absolute atomic E-state index is 13.6. The highest BCUT2D eigenvalue weighted by molar-refractivity contribution is 6.24. The molecule has 2 aliphatic rings. The third kappa shape index (κ3) is 3.41. The number of carbonyl (C=O) groups is 3. The number of amides is 2. The van der Waals surface area contributed by atoms with Gasteiger partial charge in [0.05, 0.1) is 30.1 Å². The number of ether oxygens (including phenoxy) is 1. The van der Waals surface area contributed by atoms with Crippen LogP contribution in [0.2, 0.25) is 0 Å². The molecular weight excluding hydrogens is 424 g/mol. The number of hydrogen-bond acceptors (Lipinski definition) is 7. The minimum absolute atomic E-state index is 0.0987. The van der Waals surface area contributed by atoms with Crippen LogP contribution in [-0.2, 0) is 19.2 Å². The smallest absolute Gasteiger partial charge is 0.337 e. The molecule has 0 saturated carbocycles. The summed E-state index contributed by atoms with van der Waals surface area (Å²) in [6, 6.07) is 21.3. The monoisotopic (exact) mass is 444 g/mol. The molecule has 2 amide bonds. The molecule has 0 aromatic heterocycles. The van der Waals surface area contributed by atoms with Crippen LogP contribution >= 0.6 is 0 Å². The number of fused-ring (bicyclic) bond motifs is 1. The second-order valence-electron chi connectivity index (χ2n) is 7.80. The van der Waals surface area contributed by atoms with Gasteiger partial charge in [0, 0.05) is 0 Å². The Morgan fingerprint density at radius 3 is 2.18 bits per heavy atom. The number of benzene rings is 3. The first-order valence-electron chi connectivity index (χ1n) is 10.4. The zero-order valence-electron chi connectivity index (χ0n) is 17.6. The zero-order chi connectivity index (χ0) is 23.1. The standard InChI is InChI=1S/C25H20N2O6/c1-32-25(31)16-7-11-17(12-8-16)26-23(29)20-21(15-9-13-19(28)14-10-15)27(33-22(20)24(26)30)18-5-3-2-4-6-18/h2-14,20-22,28H,1H3/t20-,21-,22+/m1/s1. The summed E-state index contributed by atoms with van der Waals surface area (Å²) in [6.45, 7) is 0. The second kappa shape index (κ2) is 8.07. The number of nitrogens with zero attached hydrogens (tertiary/aromatic N) is 2. The van der Waals surface area contributed by atoms with E-state index in [0.717, 1.165) is 10.5 Å². The molecular formula is C25H20N2O6. The molecule has 5 rings (SSSR count). The van der Waals surface area contributed by atoms with Gasteiger partial charge in [-0.3, -0.25) is 14.4 Å². The van der Waals surface area contributed by atoms with E-state index < -0.39 is 35.8 Å². The van der Waals surface area contributed by atoms with Gasteiger partial charge in [-0.25, -0.2) is 14.8 Å². The van der Waals surface area contributed by atoms with E-state index in [4.69, 9.17) is 9.57 Å². The molecule has 8 heteroatoms. The van der Waals surface area contributed by atoms with Crippen molar-refractivity contribution in [3.8, 4) is 5.75 Å². The lowest BCUT2D eigenvalue weighted by Gasteiger charge is -2.28. The highest BCUT2D eigenvalue weighted by Crippen LogP contribution is 2.47. The number of aromatic hydroxyl groups is 1. The van der Waals surface area contributed by atoms with Crippen molar-refractivity contribution < 1.29 is 29.1 Å². The van der Waals surface area contributed by atoms with Crippen LogP contribution in [0.1, 0.15) is 22.0 Å². The molecule has 0 radical (unpaired) electrons. The molecule has 1 N–H and O–H groups in total. The van der Waals surface area contributed by atoms with Gasteiger partial charge in [0.15, 0.2) is 6.10 Å². The fourth-order valence-corrected chi connectivity index (χ4v) is 4.34. The number of carbonyl (C=O) groups excluding carboxylic acids is 3. The van der Waals surface area contributed by atoms with Crippen LogP contribution in [0, 0.1) is 5.92 Å². The minimum atomic E-state index is -1.00. The quantitative estimate of drug-likeness (QED) is 0.488. The average Bonchev–Trinajstić information content (AvgIpc) is 3.36. The maximum atomic E-state index is 13.6. The molecule has 0 unspecified atom stereocenters. The van der Waals surface area contributed by atoms with Gasteiger partial charge in [-0.1, -0.05) is 30.3 Å². The van der Waals surface area contributed by atoms with E-state index in [9.17, 15) is 19.5 Å². The summed E-state index contributed by atoms with van der Waals surface area (Å²) in [5, 5.41) is 11.3. The van der Waals surface area contributed by atoms with Crippen LogP contribution in [-0.4, -0.2) is 36.1 Å². The Morgan fingerprint density at radius 2 is 1.55 bits per heavy atom. The van der Waals surface area contributed by atoms with E-state index in [0.29, 0.717) is 16.9 Å². The molecule has 2 saturated heterocycles. The van der Waals surface area contributed by atoms with Crippen molar-refractivity contribution >= 4 is 29.2 Å². The van der Waals surface area contributed by atoms with E-state index >= 15 is 0 Å². The first-order valence-corrected chi connectivity index (χ1v) is 10.4. The summed E-state index contributed by atoms with van der Waals surface area (Å²) in [5.74, 6) is -2.07. The number of para-hydroxylation sites is 1. The van der Waals surface area contributed by atoms with Crippen molar-refractivity contribution in [2.24, 2.45) is 5.92 Å². The van der Waals surface area contributed by atoms with Gasteiger partial charge in [-0.05, 0) is 54.1 Å². The van der Waals surface area contributed by atoms with Gasteiger partial charge < -0.3 is 9.84 Å². The Hall–Kier alpha value is -4.17. The Labute approximate surface area is 189 Å². The largest absolute Gasteiger partial charge is 0.508 e. The number of phenolic OH excluding ortho intramolecular Hbond substituents is 1. The Kier molecular flexibility index (Phi) is 5.07. The van der Waals surface area contributed by atoms with Gasteiger partial charge in [0.1, 0.15) is 11.7 Å². The first kappa shape index (κ1) is 20.7. The molecule has 8 nitrogen and oxygen atoms in total. The molecule has 3 aromatic carbocycles. The summed E-state index contributed by atoms with van der Waals surface area (Å²) >= 11 is 0. The predicted molar refractivity (Wildman–Crippen MR) is 118 cm³/mol. The fraction of sp³-hybridized carbons (Fsp3) is 0.160. The lowest BCUT2D eigenvalue weighted by Crippen LogP contribution is -2.37. The molecule has 3 atom stereocenters. The van der Waals surface area contributed by atoms with Crippen LogP contribution in [0.4, 0.5) is 11.4 Å². The van der Waals surface area contributed by atoms with Crippen molar-refractivity contribution in [2.45, 2.75) is 12.1 Å². The van der Waals surface area contributed by atoms with Crippen molar-refractivity contribution in [2.75, 3.05) is 17.1 Å². The number of methoxy groups -OCH3 is 1. The topological polar surface area (TPSA) is 96.4 Å². The van der Waals surface area contributed by atoms with Crippen molar-refractivity contribution in [3.05, 3.63) is 90.0 Å². The number of anilines is 2. The SMILES string of the molecule is COC(=O)c1ccc(N2C(=O)[C@H]3[C@H](ON(c4ccccc4)[C@@H]3c3ccc(O)cc3)C2=O)cc1. The summed E-state index contributed by atoms with van der Waals surface area (Å²) in [6.07, 6.45) is -1.00. The Bertz CT molecular complexity index is 1210. The molecule has 0 bridgehead atoms. The van der Waals surface area contributed by atoms with Crippen molar-refractivity contribution in [1.82, 2.24) is 0 Å². The third-order valence-corrected chi connectivity index (χ3v) is 5.91. The highest BCUT2D eigenvalue weighted by atomic mass is 16.7. The summed E-state index contributed by atoms with van der Waals surface area (Å²) < 4.78 is 4.70. The average molecular weight is 444 g/mol. The van der Waals surface area contributed by atoms with Gasteiger partial charge in [-0.2, -0.15) is 0 Å². The van der Waals surface area contributed by atoms with Crippen LogP contribution in [0.5, 0.6) is 5.75 Å². The lowest BCUT2D eigenvalue weighted by molar-refractivity contribution is -0.126. The molecule has 0 aliphatic carbocycles. The molecule has 33 heavy (non-hydrogen) atoms. The maximum Gasteiger partial charge on any atom is 0.337 e. The molecule has 166 valence electrons. The zero-order valence-corrected chi connectivity index (χ0v) is 17.6. The Balaban J connectivity index is 1.53. The predicted octanol–water partition coefficient (Wildman–Crippen LogP) is 3.23. The first-order chi connectivity index (χ1) is 16.0. The normalized spacial score (nSPS) is 21.9. The van der Waals surface area contributed by atoms with Crippen molar-refractivity contribution in [1.29, 1.82) is 0 Å². The summed E-state index contributed by atoms with van der Waals surface area (Å²) in [7, 11) is 1.28. The van der Waals surface area contributed by atoms with Crippen LogP contribution < -0.4 is 9.96 Å². The summed E-state index contributed by atoms with van der Waals surface area (Å²) in [5.41, 5.74) is 2.10.